The van der Waals surface area contributed by atoms with Gasteiger partial charge in [-0.25, -0.2) is 9.59 Å². The molecule has 2 saturated heterocycles. The average Bonchev–Trinajstić information content (AvgIpc) is 2.74. The van der Waals surface area contributed by atoms with Crippen LogP contribution in [0.15, 0.2) is 0 Å². The Labute approximate surface area is 85.2 Å². The molecule has 0 aliphatic carbocycles. The number of hydrogen-bond donors (Lipinski definition) is 2. The maximum Gasteiger partial charge on any atom is 0.408 e. The first kappa shape index (κ1) is 10.2. The van der Waals surface area contributed by atoms with Crippen LogP contribution in [0.2, 0.25) is 0 Å². The minimum absolute atomic E-state index is 0.0424. The number of likely N-dealkylation sites (tertiary alicyclic amines) is 1. The summed E-state index contributed by atoms with van der Waals surface area (Å²) >= 11 is 0. The lowest BCUT2D eigenvalue weighted by atomic mass is 10.1. The number of rotatable bonds is 1. The second kappa shape index (κ2) is 3.35. The fourth-order valence-electron chi connectivity index (χ4n) is 1.97. The van der Waals surface area contributed by atoms with Crippen molar-refractivity contribution in [2.75, 3.05) is 19.8 Å². The van der Waals surface area contributed by atoms with E-state index in [4.69, 9.17) is 19.7 Å². The van der Waals surface area contributed by atoms with E-state index in [0.29, 0.717) is 13.2 Å². The van der Waals surface area contributed by atoms with Gasteiger partial charge in [-0.05, 0) is 0 Å². The van der Waals surface area contributed by atoms with Crippen LogP contribution < -0.4 is 0 Å². The normalized spacial score (nSPS) is 28.5. The molecule has 0 aromatic heterocycles. The molecule has 2 heterocycles. The molecule has 7 heteroatoms. The molecule has 1 amide bonds. The molecular formula is C8H11NO6. The maximum absolute atomic E-state index is 10.8. The second-order valence-electron chi connectivity index (χ2n) is 3.58. The zero-order chi connectivity index (χ0) is 11.1. The Hall–Kier alpha value is -1.34. The van der Waals surface area contributed by atoms with Crippen molar-refractivity contribution < 1.29 is 29.3 Å². The highest BCUT2D eigenvalue weighted by Crippen LogP contribution is 2.34. The fourth-order valence-corrected chi connectivity index (χ4v) is 1.97. The first-order valence-electron chi connectivity index (χ1n) is 4.54. The van der Waals surface area contributed by atoms with Gasteiger partial charge in [-0.1, -0.05) is 0 Å². The highest BCUT2D eigenvalue weighted by Gasteiger charge is 2.52. The third-order valence-electron chi connectivity index (χ3n) is 2.64. The van der Waals surface area contributed by atoms with E-state index >= 15 is 0 Å². The van der Waals surface area contributed by atoms with Crippen LogP contribution in [0, 0.1) is 0 Å². The fraction of sp³-hybridized carbons (Fsp3) is 0.750. The Kier molecular flexibility index (Phi) is 2.28. The Morgan fingerprint density at radius 2 is 1.87 bits per heavy atom. The molecule has 2 aliphatic rings. The molecule has 0 bridgehead atoms. The van der Waals surface area contributed by atoms with E-state index in [1.807, 2.05) is 0 Å². The first-order chi connectivity index (χ1) is 7.04. The third kappa shape index (κ3) is 1.64. The number of hydrogen-bond acceptors (Lipinski definition) is 4. The molecule has 2 aliphatic heterocycles. The summed E-state index contributed by atoms with van der Waals surface area (Å²) in [5.74, 6) is -2.21. The van der Waals surface area contributed by atoms with Crippen molar-refractivity contribution in [3.63, 3.8) is 0 Å². The molecule has 2 rings (SSSR count). The van der Waals surface area contributed by atoms with Gasteiger partial charge in [0.05, 0.1) is 19.8 Å². The largest absolute Gasteiger partial charge is 0.480 e. The van der Waals surface area contributed by atoms with Gasteiger partial charge in [0.25, 0.3) is 0 Å². The van der Waals surface area contributed by atoms with Crippen LogP contribution in [0.3, 0.4) is 0 Å². The summed E-state index contributed by atoms with van der Waals surface area (Å²) in [6, 6.07) is -1.08. The van der Waals surface area contributed by atoms with Gasteiger partial charge < -0.3 is 19.7 Å². The van der Waals surface area contributed by atoms with Gasteiger partial charge in [0, 0.05) is 6.42 Å². The van der Waals surface area contributed by atoms with E-state index in [0.717, 1.165) is 4.90 Å². The summed E-state index contributed by atoms with van der Waals surface area (Å²) in [4.78, 5) is 22.5. The zero-order valence-corrected chi connectivity index (χ0v) is 7.88. The van der Waals surface area contributed by atoms with Gasteiger partial charge >= 0.3 is 12.1 Å². The summed E-state index contributed by atoms with van der Waals surface area (Å²) in [6.45, 7) is 0.707. The second-order valence-corrected chi connectivity index (χ2v) is 3.58. The standard InChI is InChI=1S/C8H11NO6/c10-6(11)5-3-8(14-1-2-15-8)4-9(5)7(12)13/h5H,1-4H2,(H,10,11)(H,12,13)/t5-/m0/s1. The van der Waals surface area contributed by atoms with Gasteiger partial charge in [0.2, 0.25) is 0 Å². The van der Waals surface area contributed by atoms with Gasteiger partial charge in [-0.15, -0.1) is 0 Å². The van der Waals surface area contributed by atoms with Crippen molar-refractivity contribution in [2.45, 2.75) is 18.2 Å². The molecule has 7 nitrogen and oxygen atoms in total. The Bertz CT molecular complexity index is 274. The number of carboxylic acid groups (broad SMARTS) is 2. The van der Waals surface area contributed by atoms with Crippen molar-refractivity contribution in [1.29, 1.82) is 0 Å². The Morgan fingerprint density at radius 1 is 1.27 bits per heavy atom. The summed E-state index contributed by atoms with van der Waals surface area (Å²) in [5.41, 5.74) is 0. The average molecular weight is 217 g/mol. The minimum atomic E-state index is -1.27. The van der Waals surface area contributed by atoms with Crippen LogP contribution in [0.1, 0.15) is 6.42 Å². The molecule has 1 spiro atoms. The summed E-state index contributed by atoms with van der Waals surface area (Å²) in [7, 11) is 0. The van der Waals surface area contributed by atoms with E-state index in [-0.39, 0.29) is 13.0 Å². The quantitative estimate of drug-likeness (QED) is 0.618. The SMILES string of the molecule is O=C(O)[C@@H]1CC2(CN1C(=O)O)OCCO2. The van der Waals surface area contributed by atoms with E-state index in [2.05, 4.69) is 0 Å². The van der Waals surface area contributed by atoms with Gasteiger partial charge in [0.1, 0.15) is 6.04 Å². The molecule has 84 valence electrons. The zero-order valence-electron chi connectivity index (χ0n) is 7.88. The van der Waals surface area contributed by atoms with E-state index in [9.17, 15) is 9.59 Å². The molecule has 2 fully saturated rings. The molecule has 0 radical (unpaired) electrons. The lowest BCUT2D eigenvalue weighted by molar-refractivity contribution is -0.150. The molecule has 0 saturated carbocycles. The van der Waals surface area contributed by atoms with Crippen molar-refractivity contribution in [3.05, 3.63) is 0 Å². The van der Waals surface area contributed by atoms with Gasteiger partial charge in [-0.3, -0.25) is 4.90 Å². The van der Waals surface area contributed by atoms with Gasteiger partial charge in [0.15, 0.2) is 5.79 Å². The monoisotopic (exact) mass is 217 g/mol. The lowest BCUT2D eigenvalue weighted by Gasteiger charge is -2.20. The minimum Gasteiger partial charge on any atom is -0.480 e. The Morgan fingerprint density at radius 3 is 2.27 bits per heavy atom. The van der Waals surface area contributed by atoms with Crippen molar-refractivity contribution in [3.8, 4) is 0 Å². The molecule has 15 heavy (non-hydrogen) atoms. The van der Waals surface area contributed by atoms with E-state index in [1.165, 1.54) is 0 Å². The summed E-state index contributed by atoms with van der Waals surface area (Å²) in [6.07, 6.45) is -1.22. The number of nitrogens with zero attached hydrogens (tertiary/aromatic N) is 1. The van der Waals surface area contributed by atoms with Crippen molar-refractivity contribution >= 4 is 12.1 Å². The van der Waals surface area contributed by atoms with Crippen LogP contribution in [-0.2, 0) is 14.3 Å². The Balaban J connectivity index is 2.18. The molecule has 0 aromatic rings. The van der Waals surface area contributed by atoms with Crippen LogP contribution in [0.4, 0.5) is 4.79 Å². The van der Waals surface area contributed by atoms with Crippen LogP contribution in [-0.4, -0.2) is 58.8 Å². The summed E-state index contributed by atoms with van der Waals surface area (Å²) in [5, 5.41) is 17.7. The number of amides is 1. The highest BCUT2D eigenvalue weighted by molar-refractivity contribution is 5.80. The lowest BCUT2D eigenvalue weighted by Crippen LogP contribution is -2.40. The number of aliphatic carboxylic acids is 1. The smallest absolute Gasteiger partial charge is 0.408 e. The van der Waals surface area contributed by atoms with Crippen molar-refractivity contribution in [2.24, 2.45) is 0 Å². The van der Waals surface area contributed by atoms with E-state index < -0.39 is 23.9 Å². The predicted molar refractivity (Wildman–Crippen MR) is 45.4 cm³/mol. The van der Waals surface area contributed by atoms with Crippen LogP contribution >= 0.6 is 0 Å². The first-order valence-corrected chi connectivity index (χ1v) is 4.54. The van der Waals surface area contributed by atoms with E-state index in [1.54, 1.807) is 0 Å². The van der Waals surface area contributed by atoms with Crippen LogP contribution in [0.25, 0.3) is 0 Å². The molecule has 2 N–H and O–H groups in total. The van der Waals surface area contributed by atoms with Crippen LogP contribution in [0.5, 0.6) is 0 Å². The number of carbonyl (C=O) groups is 2. The highest BCUT2D eigenvalue weighted by atomic mass is 16.7. The topological polar surface area (TPSA) is 96.3 Å². The van der Waals surface area contributed by atoms with Crippen molar-refractivity contribution in [1.82, 2.24) is 4.90 Å². The van der Waals surface area contributed by atoms with Gasteiger partial charge in [-0.2, -0.15) is 0 Å². The maximum atomic E-state index is 10.8. The molecule has 0 aromatic carbocycles. The number of carboxylic acids is 1. The predicted octanol–water partition coefficient (Wildman–Crippen LogP) is -0.434. The molecule has 1 atom stereocenters. The number of ether oxygens (including phenoxy) is 2. The molecular weight excluding hydrogens is 206 g/mol. The third-order valence-corrected chi connectivity index (χ3v) is 2.64. The molecule has 0 unspecified atom stereocenters. The summed E-state index contributed by atoms with van der Waals surface area (Å²) < 4.78 is 10.5.